The van der Waals surface area contributed by atoms with Crippen LogP contribution in [0.15, 0.2) is 0 Å². The van der Waals surface area contributed by atoms with E-state index in [-0.39, 0.29) is 31.1 Å². The molecule has 0 heterocycles. The fourth-order valence-corrected chi connectivity index (χ4v) is 12.2. The van der Waals surface area contributed by atoms with Gasteiger partial charge in [0.2, 0.25) is 0 Å². The summed E-state index contributed by atoms with van der Waals surface area (Å²) in [6, 6.07) is 0. The van der Waals surface area contributed by atoms with Gasteiger partial charge in [0, 0.05) is 19.3 Å². The van der Waals surface area contributed by atoms with Gasteiger partial charge in [0.1, 0.15) is 13.2 Å². The van der Waals surface area contributed by atoms with Gasteiger partial charge in [0.15, 0.2) is 6.10 Å². The summed E-state index contributed by atoms with van der Waals surface area (Å²) in [4.78, 5) is 38.1. The Bertz CT molecular complexity index is 1240. The van der Waals surface area contributed by atoms with Gasteiger partial charge in [0.05, 0.1) is 0 Å². The summed E-state index contributed by atoms with van der Waals surface area (Å²) in [5, 5.41) is 0. The normalized spacial score (nSPS) is 11.9. The molecule has 6 heteroatoms. The van der Waals surface area contributed by atoms with E-state index in [2.05, 4.69) is 20.8 Å². The molecule has 488 valence electrons. The Morgan fingerprint density at radius 3 is 0.488 bits per heavy atom. The van der Waals surface area contributed by atoms with Gasteiger partial charge in [-0.3, -0.25) is 14.4 Å². The molecule has 0 aliphatic heterocycles. The molecule has 1 atom stereocenters. The van der Waals surface area contributed by atoms with Crippen molar-refractivity contribution in [1.82, 2.24) is 0 Å². The first-order chi connectivity index (χ1) is 40.5. The molecule has 0 aromatic rings. The van der Waals surface area contributed by atoms with Crippen molar-refractivity contribution in [2.24, 2.45) is 0 Å². The van der Waals surface area contributed by atoms with Crippen LogP contribution in [0.2, 0.25) is 0 Å². The van der Waals surface area contributed by atoms with Crippen LogP contribution in [0.4, 0.5) is 0 Å². The van der Waals surface area contributed by atoms with Gasteiger partial charge in [0.25, 0.3) is 0 Å². The van der Waals surface area contributed by atoms with Crippen LogP contribution in [0.3, 0.4) is 0 Å². The molecule has 0 aliphatic rings. The molecule has 0 saturated carbocycles. The summed E-state index contributed by atoms with van der Waals surface area (Å²) >= 11 is 0. The summed E-state index contributed by atoms with van der Waals surface area (Å²) in [6.45, 7) is 6.66. The fourth-order valence-electron chi connectivity index (χ4n) is 12.2. The minimum absolute atomic E-state index is 0.0620. The van der Waals surface area contributed by atoms with Crippen LogP contribution >= 0.6 is 0 Å². The van der Waals surface area contributed by atoms with E-state index in [0.717, 1.165) is 64.2 Å². The molecule has 0 rings (SSSR count). The number of rotatable bonds is 72. The predicted octanol–water partition coefficient (Wildman–Crippen LogP) is 26.2. The molecule has 0 aliphatic carbocycles. The highest BCUT2D eigenvalue weighted by molar-refractivity contribution is 5.71. The Hall–Kier alpha value is -1.59. The molecule has 0 bridgehead atoms. The van der Waals surface area contributed by atoms with Crippen LogP contribution in [-0.2, 0) is 28.6 Å². The minimum atomic E-state index is -0.762. The summed E-state index contributed by atoms with van der Waals surface area (Å²) in [6.07, 6.45) is 86.6. The lowest BCUT2D eigenvalue weighted by Crippen LogP contribution is -2.30. The average molecular weight is 1160 g/mol. The topological polar surface area (TPSA) is 78.9 Å². The number of carbonyl (C=O) groups is 3. The van der Waals surface area contributed by atoms with Crippen molar-refractivity contribution in [2.45, 2.75) is 457 Å². The Morgan fingerprint density at radius 1 is 0.195 bits per heavy atom. The van der Waals surface area contributed by atoms with E-state index >= 15 is 0 Å². The van der Waals surface area contributed by atoms with E-state index < -0.39 is 6.10 Å². The van der Waals surface area contributed by atoms with Crippen LogP contribution in [0.1, 0.15) is 451 Å². The second-order valence-corrected chi connectivity index (χ2v) is 26.3. The highest BCUT2D eigenvalue weighted by Crippen LogP contribution is 2.20. The smallest absolute Gasteiger partial charge is 0.306 e. The molecule has 0 fully saturated rings. The van der Waals surface area contributed by atoms with Crippen molar-refractivity contribution in [3.8, 4) is 0 Å². The molecule has 0 spiro atoms. The molecule has 82 heavy (non-hydrogen) atoms. The molecular formula is C76H148O6. The first-order valence-electron chi connectivity index (χ1n) is 38.0. The SMILES string of the molecule is CCCCCCCCCCCCCCCCCCCCCCCCCCCCCCCCC(=O)OCC(COC(=O)CCCCCCC)OC(=O)CCCCCCCCCCCCCCCCCCCCCCCCCCCCCCC. The van der Waals surface area contributed by atoms with Crippen LogP contribution in [0, 0.1) is 0 Å². The predicted molar refractivity (Wildman–Crippen MR) is 358 cm³/mol. The Labute approximate surface area is 514 Å². The Balaban J connectivity index is 3.85. The fraction of sp³-hybridized carbons (Fsp3) is 0.961. The van der Waals surface area contributed by atoms with Crippen LogP contribution in [0.25, 0.3) is 0 Å². The van der Waals surface area contributed by atoms with Gasteiger partial charge in [-0.15, -0.1) is 0 Å². The number of unbranched alkanes of at least 4 members (excludes halogenated alkanes) is 61. The van der Waals surface area contributed by atoms with Crippen molar-refractivity contribution in [3.63, 3.8) is 0 Å². The largest absolute Gasteiger partial charge is 0.462 e. The third-order valence-corrected chi connectivity index (χ3v) is 17.9. The van der Waals surface area contributed by atoms with Gasteiger partial charge in [-0.05, 0) is 19.3 Å². The van der Waals surface area contributed by atoms with Gasteiger partial charge in [-0.1, -0.05) is 412 Å². The maximum absolute atomic E-state index is 12.9. The zero-order chi connectivity index (χ0) is 59.2. The minimum Gasteiger partial charge on any atom is -0.462 e. The monoisotopic (exact) mass is 1160 g/mol. The van der Waals surface area contributed by atoms with Gasteiger partial charge < -0.3 is 14.2 Å². The third-order valence-electron chi connectivity index (χ3n) is 17.9. The zero-order valence-electron chi connectivity index (χ0n) is 56.3. The summed E-state index contributed by atoms with van der Waals surface area (Å²) in [5.74, 6) is -0.840. The molecule has 0 N–H and O–H groups in total. The maximum atomic E-state index is 12.9. The van der Waals surface area contributed by atoms with Crippen LogP contribution < -0.4 is 0 Å². The Morgan fingerprint density at radius 2 is 0.329 bits per heavy atom. The van der Waals surface area contributed by atoms with E-state index in [9.17, 15) is 14.4 Å². The lowest BCUT2D eigenvalue weighted by Gasteiger charge is -2.18. The van der Waals surface area contributed by atoms with Gasteiger partial charge in [-0.2, -0.15) is 0 Å². The highest BCUT2D eigenvalue weighted by atomic mass is 16.6. The van der Waals surface area contributed by atoms with Crippen molar-refractivity contribution in [3.05, 3.63) is 0 Å². The summed E-state index contributed by atoms with van der Waals surface area (Å²) < 4.78 is 16.9. The molecule has 0 amide bonds. The van der Waals surface area contributed by atoms with E-state index in [4.69, 9.17) is 14.2 Å². The molecule has 1 unspecified atom stereocenters. The third kappa shape index (κ3) is 69.2. The van der Waals surface area contributed by atoms with Crippen molar-refractivity contribution in [1.29, 1.82) is 0 Å². The van der Waals surface area contributed by atoms with Crippen LogP contribution in [0.5, 0.6) is 0 Å². The molecular weight excluding hydrogens is 1010 g/mol. The van der Waals surface area contributed by atoms with Crippen molar-refractivity contribution in [2.75, 3.05) is 13.2 Å². The molecule has 0 radical (unpaired) electrons. The average Bonchev–Trinajstić information content (AvgIpc) is 3.48. The van der Waals surface area contributed by atoms with E-state index in [1.807, 2.05) is 0 Å². The molecule has 0 saturated heterocycles. The van der Waals surface area contributed by atoms with Gasteiger partial charge >= 0.3 is 17.9 Å². The zero-order valence-corrected chi connectivity index (χ0v) is 56.3. The maximum Gasteiger partial charge on any atom is 0.306 e. The lowest BCUT2D eigenvalue weighted by atomic mass is 10.0. The first kappa shape index (κ1) is 80.4. The second-order valence-electron chi connectivity index (χ2n) is 26.3. The summed E-state index contributed by atoms with van der Waals surface area (Å²) in [5.41, 5.74) is 0. The number of hydrogen-bond donors (Lipinski definition) is 0. The van der Waals surface area contributed by atoms with Crippen molar-refractivity contribution < 1.29 is 28.6 Å². The standard InChI is InChI=1S/C76H148O6/c1-4-7-10-13-15-17-19-21-23-25-27-29-31-33-35-37-39-40-42-44-46-48-50-52-54-56-58-60-63-66-69-75(78)81-72-73(71-80-74(77)68-65-62-12-9-6-3)82-76(79)70-67-64-61-59-57-55-53-51-49-47-45-43-41-38-36-34-32-30-28-26-24-22-20-18-16-14-11-8-5-2/h73H,4-72H2,1-3H3. The van der Waals surface area contributed by atoms with Gasteiger partial charge in [-0.25, -0.2) is 0 Å². The number of esters is 3. The molecule has 0 aromatic heterocycles. The highest BCUT2D eigenvalue weighted by Gasteiger charge is 2.20. The second kappa shape index (κ2) is 71.9. The van der Waals surface area contributed by atoms with Crippen molar-refractivity contribution >= 4 is 17.9 Å². The number of carbonyl (C=O) groups excluding carboxylic acids is 3. The van der Waals surface area contributed by atoms with E-state index in [1.165, 1.54) is 347 Å². The lowest BCUT2D eigenvalue weighted by molar-refractivity contribution is -0.167. The summed E-state index contributed by atoms with van der Waals surface area (Å²) in [7, 11) is 0. The van der Waals surface area contributed by atoms with E-state index in [1.54, 1.807) is 0 Å². The quantitative estimate of drug-likeness (QED) is 0.0343. The molecule has 6 nitrogen and oxygen atoms in total. The number of ether oxygens (including phenoxy) is 3. The number of hydrogen-bond acceptors (Lipinski definition) is 6. The van der Waals surface area contributed by atoms with E-state index in [0.29, 0.717) is 19.3 Å². The molecule has 0 aromatic carbocycles. The van der Waals surface area contributed by atoms with Crippen LogP contribution in [-0.4, -0.2) is 37.2 Å². The first-order valence-corrected chi connectivity index (χ1v) is 38.0. The Kier molecular flexibility index (Phi) is 70.5.